The van der Waals surface area contributed by atoms with Gasteiger partial charge >= 0.3 is 0 Å². The van der Waals surface area contributed by atoms with Gasteiger partial charge in [-0.3, -0.25) is 9.78 Å². The van der Waals surface area contributed by atoms with Crippen molar-refractivity contribution in [1.29, 1.82) is 0 Å². The summed E-state index contributed by atoms with van der Waals surface area (Å²) in [6, 6.07) is -0.283. The number of thiocarbonyl (C=S) groups is 1. The number of nitrogens with two attached hydrogens (primary N) is 1. The Bertz CT molecular complexity index is 368. The minimum Gasteiger partial charge on any atom is -0.392 e. The molecule has 1 rings (SSSR count). The summed E-state index contributed by atoms with van der Waals surface area (Å²) in [6.45, 7) is 2.00. The summed E-state index contributed by atoms with van der Waals surface area (Å²) in [6.07, 6.45) is 5.99. The fourth-order valence-electron chi connectivity index (χ4n) is 1.22. The van der Waals surface area contributed by atoms with Crippen LogP contribution in [-0.4, -0.2) is 26.9 Å². The quantitative estimate of drug-likeness (QED) is 0.737. The van der Waals surface area contributed by atoms with Crippen LogP contribution >= 0.6 is 12.2 Å². The van der Waals surface area contributed by atoms with Gasteiger partial charge in [0.15, 0.2) is 0 Å². The lowest BCUT2D eigenvalue weighted by molar-refractivity contribution is 0.0940. The highest BCUT2D eigenvalue weighted by Gasteiger charge is 2.15. The molecular weight excluding hydrogens is 224 g/mol. The van der Waals surface area contributed by atoms with Crippen LogP contribution in [-0.2, 0) is 0 Å². The van der Waals surface area contributed by atoms with Crippen molar-refractivity contribution in [2.24, 2.45) is 5.73 Å². The number of carbonyl (C=O) groups is 1. The molecule has 0 aliphatic heterocycles. The van der Waals surface area contributed by atoms with Gasteiger partial charge in [-0.25, -0.2) is 4.98 Å². The van der Waals surface area contributed by atoms with Crippen molar-refractivity contribution in [2.45, 2.75) is 25.8 Å². The van der Waals surface area contributed by atoms with E-state index < -0.39 is 0 Å². The standard InChI is InChI=1S/C10H14N4OS/c1-2-3-7(9(11)16)14-10(15)8-6-12-4-5-13-8/h4-7H,2-3H2,1H3,(H2,11,16)(H,14,15). The van der Waals surface area contributed by atoms with E-state index in [-0.39, 0.29) is 17.6 Å². The number of aromatic nitrogens is 2. The zero-order valence-electron chi connectivity index (χ0n) is 9.01. The monoisotopic (exact) mass is 238 g/mol. The molecule has 0 saturated carbocycles. The number of nitrogens with zero attached hydrogens (tertiary/aromatic N) is 2. The molecule has 0 radical (unpaired) electrons. The number of hydrogen-bond acceptors (Lipinski definition) is 4. The van der Waals surface area contributed by atoms with Gasteiger partial charge in [-0.05, 0) is 6.42 Å². The molecule has 0 saturated heterocycles. The molecule has 1 aromatic rings. The van der Waals surface area contributed by atoms with E-state index in [4.69, 9.17) is 18.0 Å². The van der Waals surface area contributed by atoms with E-state index in [1.54, 1.807) is 0 Å². The number of hydrogen-bond donors (Lipinski definition) is 2. The lowest BCUT2D eigenvalue weighted by Gasteiger charge is -2.15. The maximum atomic E-state index is 11.7. The van der Waals surface area contributed by atoms with Gasteiger partial charge in [0, 0.05) is 12.4 Å². The molecule has 0 bridgehead atoms. The first-order chi connectivity index (χ1) is 7.65. The number of rotatable bonds is 5. The number of carbonyl (C=O) groups excluding carboxylic acids is 1. The van der Waals surface area contributed by atoms with Crippen LogP contribution in [0.4, 0.5) is 0 Å². The summed E-state index contributed by atoms with van der Waals surface area (Å²) in [5.41, 5.74) is 5.79. The maximum Gasteiger partial charge on any atom is 0.272 e. The highest BCUT2D eigenvalue weighted by atomic mass is 32.1. The molecule has 1 heterocycles. The van der Waals surface area contributed by atoms with Gasteiger partial charge in [0.1, 0.15) is 5.69 Å². The van der Waals surface area contributed by atoms with E-state index >= 15 is 0 Å². The molecule has 0 aliphatic rings. The minimum atomic E-state index is -0.306. The Labute approximate surface area is 99.5 Å². The van der Waals surface area contributed by atoms with Crippen LogP contribution in [0.25, 0.3) is 0 Å². The fourth-order valence-corrected chi connectivity index (χ4v) is 1.40. The summed E-state index contributed by atoms with van der Waals surface area (Å²) >= 11 is 4.88. The van der Waals surface area contributed by atoms with Crippen molar-refractivity contribution in [1.82, 2.24) is 15.3 Å². The third-order valence-corrected chi connectivity index (χ3v) is 2.31. The minimum absolute atomic E-state index is 0.264. The predicted octanol–water partition coefficient (Wildman–Crippen LogP) is 0.661. The molecule has 1 amide bonds. The Morgan fingerprint density at radius 2 is 2.38 bits per heavy atom. The van der Waals surface area contributed by atoms with E-state index in [9.17, 15) is 4.79 Å². The first-order valence-corrected chi connectivity index (χ1v) is 5.42. The van der Waals surface area contributed by atoms with Crippen molar-refractivity contribution in [3.05, 3.63) is 24.3 Å². The summed E-state index contributed by atoms with van der Waals surface area (Å²) in [4.78, 5) is 19.7. The van der Waals surface area contributed by atoms with Gasteiger partial charge < -0.3 is 11.1 Å². The molecule has 1 atom stereocenters. The zero-order chi connectivity index (χ0) is 12.0. The van der Waals surface area contributed by atoms with Crippen molar-refractivity contribution < 1.29 is 4.79 Å². The summed E-state index contributed by atoms with van der Waals surface area (Å²) in [5, 5.41) is 2.73. The molecular formula is C10H14N4OS. The van der Waals surface area contributed by atoms with Crippen LogP contribution in [0.5, 0.6) is 0 Å². The van der Waals surface area contributed by atoms with Gasteiger partial charge in [-0.1, -0.05) is 25.6 Å². The van der Waals surface area contributed by atoms with E-state index in [2.05, 4.69) is 15.3 Å². The van der Waals surface area contributed by atoms with Crippen LogP contribution in [0.2, 0.25) is 0 Å². The molecule has 3 N–H and O–H groups in total. The van der Waals surface area contributed by atoms with E-state index in [1.165, 1.54) is 18.6 Å². The lowest BCUT2D eigenvalue weighted by atomic mass is 10.1. The Morgan fingerprint density at radius 3 is 2.88 bits per heavy atom. The molecule has 0 spiro atoms. The molecule has 1 unspecified atom stereocenters. The van der Waals surface area contributed by atoms with E-state index in [0.29, 0.717) is 4.99 Å². The van der Waals surface area contributed by atoms with Gasteiger partial charge in [-0.15, -0.1) is 0 Å². The van der Waals surface area contributed by atoms with Gasteiger partial charge in [0.05, 0.1) is 17.2 Å². The molecule has 5 nitrogen and oxygen atoms in total. The second-order valence-corrected chi connectivity index (χ2v) is 3.78. The SMILES string of the molecule is CCCC(NC(=O)c1cnccn1)C(N)=S. The number of amides is 1. The molecule has 0 fully saturated rings. The second-order valence-electron chi connectivity index (χ2n) is 3.31. The van der Waals surface area contributed by atoms with Crippen LogP contribution in [0, 0.1) is 0 Å². The van der Waals surface area contributed by atoms with Crippen LogP contribution < -0.4 is 11.1 Å². The normalized spacial score (nSPS) is 11.8. The molecule has 86 valence electrons. The predicted molar refractivity (Wildman–Crippen MR) is 65.0 cm³/mol. The maximum absolute atomic E-state index is 11.7. The highest BCUT2D eigenvalue weighted by molar-refractivity contribution is 7.80. The van der Waals surface area contributed by atoms with Crippen molar-refractivity contribution >= 4 is 23.1 Å². The smallest absolute Gasteiger partial charge is 0.272 e. The van der Waals surface area contributed by atoms with Crippen molar-refractivity contribution in [2.75, 3.05) is 0 Å². The largest absolute Gasteiger partial charge is 0.392 e. The summed E-state index contributed by atoms with van der Waals surface area (Å²) in [5.74, 6) is -0.306. The Morgan fingerprint density at radius 1 is 1.62 bits per heavy atom. The summed E-state index contributed by atoms with van der Waals surface area (Å²) < 4.78 is 0. The van der Waals surface area contributed by atoms with Crippen LogP contribution in [0.3, 0.4) is 0 Å². The average Bonchev–Trinajstić information content (AvgIpc) is 2.29. The molecule has 0 aliphatic carbocycles. The Kier molecular flexibility index (Phi) is 4.78. The van der Waals surface area contributed by atoms with Gasteiger partial charge in [0.2, 0.25) is 0 Å². The molecule has 1 aromatic heterocycles. The first-order valence-electron chi connectivity index (χ1n) is 5.01. The molecule has 0 aromatic carbocycles. The van der Waals surface area contributed by atoms with Crippen LogP contribution in [0.15, 0.2) is 18.6 Å². The van der Waals surface area contributed by atoms with Crippen LogP contribution in [0.1, 0.15) is 30.3 Å². The average molecular weight is 238 g/mol. The van der Waals surface area contributed by atoms with Crippen molar-refractivity contribution in [3.8, 4) is 0 Å². The Hall–Kier alpha value is -1.56. The van der Waals surface area contributed by atoms with E-state index in [0.717, 1.165) is 12.8 Å². The third kappa shape index (κ3) is 3.54. The Balaban J connectivity index is 2.65. The molecule has 16 heavy (non-hydrogen) atoms. The fraction of sp³-hybridized carbons (Fsp3) is 0.400. The van der Waals surface area contributed by atoms with Gasteiger partial charge in [-0.2, -0.15) is 0 Å². The van der Waals surface area contributed by atoms with Gasteiger partial charge in [0.25, 0.3) is 5.91 Å². The topological polar surface area (TPSA) is 80.9 Å². The highest BCUT2D eigenvalue weighted by Crippen LogP contribution is 1.99. The third-order valence-electron chi connectivity index (χ3n) is 2.02. The second kappa shape index (κ2) is 6.12. The van der Waals surface area contributed by atoms with Crippen molar-refractivity contribution in [3.63, 3.8) is 0 Å². The lowest BCUT2D eigenvalue weighted by Crippen LogP contribution is -2.43. The summed E-state index contributed by atoms with van der Waals surface area (Å²) in [7, 11) is 0. The van der Waals surface area contributed by atoms with E-state index in [1.807, 2.05) is 6.92 Å². The first kappa shape index (κ1) is 12.5. The number of nitrogens with one attached hydrogen (secondary N) is 1. The molecule has 6 heteroatoms. The zero-order valence-corrected chi connectivity index (χ0v) is 9.83.